The fourth-order valence-electron chi connectivity index (χ4n) is 2.02. The van der Waals surface area contributed by atoms with Gasteiger partial charge in [-0.05, 0) is 31.8 Å². The number of hydrogen-bond donors (Lipinski definition) is 2. The highest BCUT2D eigenvalue weighted by atomic mass is 16.5. The van der Waals surface area contributed by atoms with Crippen LogP contribution in [0.1, 0.15) is 34.1 Å². The standard InChI is InChI=1S/C14H31N3O2/c1-6-7-17(11-14(3,4)10-15)8-13(18)16-12(2)9-19-5/h12H,6-11,15H2,1-5H3,(H,16,18). The van der Waals surface area contributed by atoms with Crippen LogP contribution in [0.25, 0.3) is 0 Å². The fraction of sp³-hybridized carbons (Fsp3) is 0.929. The molecule has 5 heteroatoms. The summed E-state index contributed by atoms with van der Waals surface area (Å²) in [5.41, 5.74) is 5.79. The molecule has 0 aromatic carbocycles. The summed E-state index contributed by atoms with van der Waals surface area (Å²) in [4.78, 5) is 14.1. The third kappa shape index (κ3) is 8.97. The highest BCUT2D eigenvalue weighted by molar-refractivity contribution is 5.78. The van der Waals surface area contributed by atoms with E-state index in [0.29, 0.717) is 19.7 Å². The van der Waals surface area contributed by atoms with Gasteiger partial charge in [-0.15, -0.1) is 0 Å². The number of rotatable bonds is 10. The van der Waals surface area contributed by atoms with Crippen molar-refractivity contribution < 1.29 is 9.53 Å². The quantitative estimate of drug-likeness (QED) is 0.619. The zero-order valence-corrected chi connectivity index (χ0v) is 13.2. The number of methoxy groups -OCH3 is 1. The second-order valence-corrected chi connectivity index (χ2v) is 6.00. The first-order valence-electron chi connectivity index (χ1n) is 7.05. The largest absolute Gasteiger partial charge is 0.383 e. The maximum atomic E-state index is 11.9. The Balaban J connectivity index is 4.29. The molecule has 0 heterocycles. The molecule has 0 saturated heterocycles. The number of ether oxygens (including phenoxy) is 1. The van der Waals surface area contributed by atoms with Gasteiger partial charge in [-0.25, -0.2) is 0 Å². The predicted octanol–water partition coefficient (Wildman–Crippen LogP) is 0.834. The summed E-state index contributed by atoms with van der Waals surface area (Å²) in [6.07, 6.45) is 1.03. The van der Waals surface area contributed by atoms with Gasteiger partial charge in [-0.1, -0.05) is 20.8 Å². The molecule has 0 aliphatic rings. The highest BCUT2D eigenvalue weighted by Crippen LogP contribution is 2.14. The Labute approximate surface area is 117 Å². The lowest BCUT2D eigenvalue weighted by Crippen LogP contribution is -2.46. The first-order valence-corrected chi connectivity index (χ1v) is 7.05. The second kappa shape index (κ2) is 9.28. The number of amides is 1. The molecule has 19 heavy (non-hydrogen) atoms. The van der Waals surface area contributed by atoms with Crippen molar-refractivity contribution in [1.29, 1.82) is 0 Å². The molecule has 0 spiro atoms. The van der Waals surface area contributed by atoms with Gasteiger partial charge in [0.2, 0.25) is 5.91 Å². The molecule has 0 aliphatic carbocycles. The lowest BCUT2D eigenvalue weighted by Gasteiger charge is -2.31. The molecule has 0 radical (unpaired) electrons. The van der Waals surface area contributed by atoms with Crippen molar-refractivity contribution in [3.05, 3.63) is 0 Å². The van der Waals surface area contributed by atoms with Gasteiger partial charge < -0.3 is 15.8 Å². The summed E-state index contributed by atoms with van der Waals surface area (Å²) in [5, 5.41) is 2.94. The van der Waals surface area contributed by atoms with Gasteiger partial charge in [-0.2, -0.15) is 0 Å². The van der Waals surface area contributed by atoms with E-state index in [1.807, 2.05) is 6.92 Å². The molecule has 114 valence electrons. The van der Waals surface area contributed by atoms with Gasteiger partial charge in [0.05, 0.1) is 13.2 Å². The van der Waals surface area contributed by atoms with Crippen LogP contribution in [0.4, 0.5) is 0 Å². The monoisotopic (exact) mass is 273 g/mol. The number of nitrogens with one attached hydrogen (secondary N) is 1. The van der Waals surface area contributed by atoms with Gasteiger partial charge in [0.25, 0.3) is 0 Å². The van der Waals surface area contributed by atoms with Crippen molar-refractivity contribution in [2.45, 2.75) is 40.2 Å². The SMILES string of the molecule is CCCN(CC(=O)NC(C)COC)CC(C)(C)CN. The summed E-state index contributed by atoms with van der Waals surface area (Å²) < 4.78 is 5.01. The molecular weight excluding hydrogens is 242 g/mol. The van der Waals surface area contributed by atoms with Crippen LogP contribution in [-0.4, -0.2) is 56.7 Å². The fourth-order valence-corrected chi connectivity index (χ4v) is 2.02. The number of nitrogens with two attached hydrogens (primary N) is 1. The van der Waals surface area contributed by atoms with Crippen molar-refractivity contribution in [1.82, 2.24) is 10.2 Å². The van der Waals surface area contributed by atoms with Crippen molar-refractivity contribution in [3.8, 4) is 0 Å². The number of hydrogen-bond acceptors (Lipinski definition) is 4. The van der Waals surface area contributed by atoms with Crippen molar-refractivity contribution in [2.24, 2.45) is 11.1 Å². The zero-order chi connectivity index (χ0) is 14.9. The van der Waals surface area contributed by atoms with E-state index in [1.54, 1.807) is 7.11 Å². The van der Waals surface area contributed by atoms with E-state index in [0.717, 1.165) is 19.5 Å². The van der Waals surface area contributed by atoms with Crippen molar-refractivity contribution in [2.75, 3.05) is 39.9 Å². The topological polar surface area (TPSA) is 67.6 Å². The van der Waals surface area contributed by atoms with Crippen LogP contribution < -0.4 is 11.1 Å². The summed E-state index contributed by atoms with van der Waals surface area (Å²) in [6, 6.07) is 0.0449. The number of nitrogens with zero attached hydrogens (tertiary/aromatic N) is 1. The second-order valence-electron chi connectivity index (χ2n) is 6.00. The summed E-state index contributed by atoms with van der Waals surface area (Å²) in [6.45, 7) is 11.6. The van der Waals surface area contributed by atoms with Crippen LogP contribution in [0.2, 0.25) is 0 Å². The van der Waals surface area contributed by atoms with Crippen LogP contribution in [0, 0.1) is 5.41 Å². The van der Waals surface area contributed by atoms with Crippen molar-refractivity contribution in [3.63, 3.8) is 0 Å². The van der Waals surface area contributed by atoms with Gasteiger partial charge >= 0.3 is 0 Å². The van der Waals surface area contributed by atoms with Gasteiger partial charge in [0, 0.05) is 19.7 Å². The minimum atomic E-state index is 0.0353. The van der Waals surface area contributed by atoms with Crippen molar-refractivity contribution >= 4 is 5.91 Å². The van der Waals surface area contributed by atoms with Gasteiger partial charge in [0.1, 0.15) is 0 Å². The molecule has 5 nitrogen and oxygen atoms in total. The van der Waals surface area contributed by atoms with E-state index < -0.39 is 0 Å². The minimum Gasteiger partial charge on any atom is -0.383 e. The molecule has 0 rings (SSSR count). The van der Waals surface area contributed by atoms with Crippen LogP contribution in [0.5, 0.6) is 0 Å². The molecule has 3 N–H and O–H groups in total. The van der Waals surface area contributed by atoms with E-state index in [-0.39, 0.29) is 17.4 Å². The smallest absolute Gasteiger partial charge is 0.234 e. The van der Waals surface area contributed by atoms with E-state index in [4.69, 9.17) is 10.5 Å². The lowest BCUT2D eigenvalue weighted by molar-refractivity contribution is -0.123. The summed E-state index contributed by atoms with van der Waals surface area (Å²) >= 11 is 0. The molecule has 0 aliphatic heterocycles. The Kier molecular flexibility index (Phi) is 8.97. The minimum absolute atomic E-state index is 0.0353. The molecule has 0 bridgehead atoms. The van der Waals surface area contributed by atoms with E-state index in [1.165, 1.54) is 0 Å². The maximum absolute atomic E-state index is 11.9. The first kappa shape index (κ1) is 18.4. The third-order valence-corrected chi connectivity index (χ3v) is 2.94. The molecule has 0 fully saturated rings. The van der Waals surface area contributed by atoms with Crippen LogP contribution in [-0.2, 0) is 9.53 Å². The molecule has 1 amide bonds. The Bertz CT molecular complexity index is 257. The predicted molar refractivity (Wildman–Crippen MR) is 79.0 cm³/mol. The summed E-state index contributed by atoms with van der Waals surface area (Å²) in [5.74, 6) is 0.0471. The molecule has 1 atom stereocenters. The third-order valence-electron chi connectivity index (χ3n) is 2.94. The molecule has 0 aromatic heterocycles. The molecular formula is C14H31N3O2. The van der Waals surface area contributed by atoms with Gasteiger partial charge in [0.15, 0.2) is 0 Å². The van der Waals surface area contributed by atoms with E-state index >= 15 is 0 Å². The Hall–Kier alpha value is -0.650. The van der Waals surface area contributed by atoms with Crippen LogP contribution in [0.15, 0.2) is 0 Å². The number of carbonyl (C=O) groups excluding carboxylic acids is 1. The van der Waals surface area contributed by atoms with Crippen LogP contribution in [0.3, 0.4) is 0 Å². The Morgan fingerprint density at radius 1 is 1.47 bits per heavy atom. The Morgan fingerprint density at radius 2 is 2.11 bits per heavy atom. The highest BCUT2D eigenvalue weighted by Gasteiger charge is 2.21. The van der Waals surface area contributed by atoms with E-state index in [9.17, 15) is 4.79 Å². The normalized spacial score (nSPS) is 13.6. The van der Waals surface area contributed by atoms with E-state index in [2.05, 4.69) is 31.0 Å². The molecule has 0 aromatic rings. The van der Waals surface area contributed by atoms with Crippen LogP contribution >= 0.6 is 0 Å². The zero-order valence-electron chi connectivity index (χ0n) is 13.2. The lowest BCUT2D eigenvalue weighted by atomic mass is 9.93. The average Bonchev–Trinajstić information content (AvgIpc) is 2.28. The summed E-state index contributed by atoms with van der Waals surface area (Å²) in [7, 11) is 1.63. The maximum Gasteiger partial charge on any atom is 0.234 e. The van der Waals surface area contributed by atoms with Gasteiger partial charge in [-0.3, -0.25) is 9.69 Å². The Morgan fingerprint density at radius 3 is 2.58 bits per heavy atom. The number of carbonyl (C=O) groups is 1. The molecule has 0 saturated carbocycles. The first-order chi connectivity index (χ1) is 8.84. The molecule has 1 unspecified atom stereocenters. The average molecular weight is 273 g/mol.